The average molecular weight is 500 g/mol. The lowest BCUT2D eigenvalue weighted by Gasteiger charge is -2.39. The van der Waals surface area contributed by atoms with Gasteiger partial charge in [-0.1, -0.05) is 17.7 Å². The third-order valence-corrected chi connectivity index (χ3v) is 6.54. The molecular formula is C25H30ClN5O4. The molecule has 0 bridgehead atoms. The molecule has 0 aromatic heterocycles. The number of hydrogen-bond donors (Lipinski definition) is 2. The van der Waals surface area contributed by atoms with E-state index in [1.165, 1.54) is 4.90 Å². The molecule has 35 heavy (non-hydrogen) atoms. The Balaban J connectivity index is 1.31. The first-order valence-corrected chi connectivity index (χ1v) is 12.0. The van der Waals surface area contributed by atoms with Crippen LogP contribution in [-0.4, -0.2) is 86.5 Å². The van der Waals surface area contributed by atoms with Crippen molar-refractivity contribution < 1.29 is 19.1 Å². The number of piperazine rings is 2. The number of rotatable bonds is 7. The van der Waals surface area contributed by atoms with E-state index in [1.54, 1.807) is 31.4 Å². The van der Waals surface area contributed by atoms with Crippen molar-refractivity contribution in [2.45, 2.75) is 12.5 Å². The Hall–Kier alpha value is -3.30. The smallest absolute Gasteiger partial charge is 0.243 e. The highest BCUT2D eigenvalue weighted by Gasteiger charge is 2.35. The van der Waals surface area contributed by atoms with Gasteiger partial charge in [-0.3, -0.25) is 19.3 Å². The molecule has 10 heteroatoms. The molecule has 2 fully saturated rings. The summed E-state index contributed by atoms with van der Waals surface area (Å²) in [5.74, 6) is -0.0939. The molecule has 2 aromatic rings. The first-order chi connectivity index (χ1) is 16.9. The highest BCUT2D eigenvalue weighted by atomic mass is 35.5. The average Bonchev–Trinajstić information content (AvgIpc) is 2.86. The van der Waals surface area contributed by atoms with E-state index in [0.717, 1.165) is 31.9 Å². The third kappa shape index (κ3) is 6.43. The molecule has 0 radical (unpaired) electrons. The predicted octanol–water partition coefficient (Wildman–Crippen LogP) is 1.83. The van der Waals surface area contributed by atoms with Crippen molar-refractivity contribution in [3.8, 4) is 5.75 Å². The second-order valence-electron chi connectivity index (χ2n) is 8.62. The number of nitrogens with one attached hydrogen (secondary N) is 2. The number of hydrogen-bond acceptors (Lipinski definition) is 6. The quantitative estimate of drug-likeness (QED) is 0.603. The molecule has 2 heterocycles. The standard InChI is InChI=1S/C25H30ClN5O4/c1-35-21-7-5-19(6-8-21)28-23(32)16-22-25(34)27-9-10-31(22)24(33)17-29-11-13-30(14-12-29)20-4-2-3-18(26)15-20/h2-8,15,22H,9-14,16-17H2,1H3,(H,27,34)(H,28,32). The van der Waals surface area contributed by atoms with Crippen molar-refractivity contribution in [3.05, 3.63) is 53.6 Å². The minimum Gasteiger partial charge on any atom is -0.497 e. The fraction of sp³-hybridized carbons (Fsp3) is 0.400. The SMILES string of the molecule is COc1ccc(NC(=O)CC2C(=O)NCCN2C(=O)CN2CCN(c3cccc(Cl)c3)CC2)cc1. The zero-order chi connectivity index (χ0) is 24.8. The van der Waals surface area contributed by atoms with Crippen LogP contribution in [0, 0.1) is 0 Å². The number of halogens is 1. The summed E-state index contributed by atoms with van der Waals surface area (Å²) >= 11 is 6.11. The van der Waals surface area contributed by atoms with Gasteiger partial charge in [-0.25, -0.2) is 0 Å². The van der Waals surface area contributed by atoms with E-state index in [-0.39, 0.29) is 30.7 Å². The normalized spacial score (nSPS) is 18.7. The van der Waals surface area contributed by atoms with E-state index in [1.807, 2.05) is 24.3 Å². The zero-order valence-corrected chi connectivity index (χ0v) is 20.5. The van der Waals surface area contributed by atoms with Crippen molar-refractivity contribution in [2.24, 2.45) is 0 Å². The van der Waals surface area contributed by atoms with E-state index in [2.05, 4.69) is 20.4 Å². The van der Waals surface area contributed by atoms with Crippen LogP contribution in [0.25, 0.3) is 0 Å². The van der Waals surface area contributed by atoms with E-state index >= 15 is 0 Å². The third-order valence-electron chi connectivity index (χ3n) is 6.31. The summed E-state index contributed by atoms with van der Waals surface area (Å²) in [7, 11) is 1.57. The van der Waals surface area contributed by atoms with Crippen molar-refractivity contribution in [1.82, 2.24) is 15.1 Å². The summed E-state index contributed by atoms with van der Waals surface area (Å²) in [6.45, 7) is 3.98. The molecule has 2 aromatic carbocycles. The maximum absolute atomic E-state index is 13.2. The van der Waals surface area contributed by atoms with Crippen LogP contribution in [0.2, 0.25) is 5.02 Å². The second-order valence-corrected chi connectivity index (χ2v) is 9.05. The number of anilines is 2. The number of benzene rings is 2. The van der Waals surface area contributed by atoms with Gasteiger partial charge in [-0.2, -0.15) is 0 Å². The van der Waals surface area contributed by atoms with Crippen molar-refractivity contribution in [3.63, 3.8) is 0 Å². The maximum Gasteiger partial charge on any atom is 0.243 e. The lowest BCUT2D eigenvalue weighted by Crippen LogP contribution is -2.60. The van der Waals surface area contributed by atoms with Crippen molar-refractivity contribution in [2.75, 3.05) is 63.1 Å². The molecule has 4 rings (SSSR count). The summed E-state index contributed by atoms with van der Waals surface area (Å²) in [6, 6.07) is 13.9. The minimum absolute atomic E-state index is 0.105. The van der Waals surface area contributed by atoms with Crippen molar-refractivity contribution >= 4 is 40.7 Å². The van der Waals surface area contributed by atoms with Crippen LogP contribution >= 0.6 is 11.6 Å². The number of carbonyl (C=O) groups excluding carboxylic acids is 3. The lowest BCUT2D eigenvalue weighted by atomic mass is 10.1. The summed E-state index contributed by atoms with van der Waals surface area (Å²) in [5.41, 5.74) is 1.67. The number of amides is 3. The van der Waals surface area contributed by atoms with Gasteiger partial charge in [-0.05, 0) is 42.5 Å². The molecule has 2 aliphatic heterocycles. The van der Waals surface area contributed by atoms with Gasteiger partial charge >= 0.3 is 0 Å². The van der Waals surface area contributed by atoms with Gasteiger partial charge in [0.25, 0.3) is 0 Å². The molecule has 1 unspecified atom stereocenters. The van der Waals surface area contributed by atoms with E-state index in [4.69, 9.17) is 16.3 Å². The van der Waals surface area contributed by atoms with E-state index in [0.29, 0.717) is 29.5 Å². The van der Waals surface area contributed by atoms with Crippen LogP contribution < -0.4 is 20.3 Å². The number of nitrogens with zero attached hydrogens (tertiary/aromatic N) is 3. The number of ether oxygens (including phenoxy) is 1. The van der Waals surface area contributed by atoms with Gasteiger partial charge in [0.2, 0.25) is 17.7 Å². The van der Waals surface area contributed by atoms with E-state index < -0.39 is 6.04 Å². The summed E-state index contributed by atoms with van der Waals surface area (Å²) in [6.07, 6.45) is -0.105. The fourth-order valence-electron chi connectivity index (χ4n) is 4.40. The predicted molar refractivity (Wildman–Crippen MR) is 135 cm³/mol. The van der Waals surface area contributed by atoms with Gasteiger partial charge in [0, 0.05) is 55.7 Å². The molecule has 0 aliphatic carbocycles. The molecule has 0 spiro atoms. The lowest BCUT2D eigenvalue weighted by molar-refractivity contribution is -0.145. The van der Waals surface area contributed by atoms with Crippen LogP contribution in [-0.2, 0) is 14.4 Å². The molecule has 2 N–H and O–H groups in total. The minimum atomic E-state index is -0.831. The Kier molecular flexibility index (Phi) is 8.09. The maximum atomic E-state index is 13.2. The van der Waals surface area contributed by atoms with Crippen LogP contribution in [0.3, 0.4) is 0 Å². The first kappa shape index (κ1) is 24.8. The van der Waals surface area contributed by atoms with Crippen LogP contribution in [0.15, 0.2) is 48.5 Å². The monoisotopic (exact) mass is 499 g/mol. The second kappa shape index (κ2) is 11.4. The van der Waals surface area contributed by atoms with Crippen molar-refractivity contribution in [1.29, 1.82) is 0 Å². The summed E-state index contributed by atoms with van der Waals surface area (Å²) < 4.78 is 5.12. The molecule has 0 saturated carbocycles. The molecular weight excluding hydrogens is 470 g/mol. The molecule has 1 atom stereocenters. The topological polar surface area (TPSA) is 94.2 Å². The zero-order valence-electron chi connectivity index (χ0n) is 19.7. The highest BCUT2D eigenvalue weighted by Crippen LogP contribution is 2.21. The Morgan fingerprint density at radius 3 is 2.51 bits per heavy atom. The Morgan fingerprint density at radius 1 is 1.09 bits per heavy atom. The number of methoxy groups -OCH3 is 1. The molecule has 2 saturated heterocycles. The summed E-state index contributed by atoms with van der Waals surface area (Å²) in [5, 5.41) is 6.26. The molecule has 3 amide bonds. The van der Waals surface area contributed by atoms with Gasteiger partial charge in [0.15, 0.2) is 0 Å². The van der Waals surface area contributed by atoms with Gasteiger partial charge in [0.1, 0.15) is 11.8 Å². The fourth-order valence-corrected chi connectivity index (χ4v) is 4.58. The van der Waals surface area contributed by atoms with Crippen LogP contribution in [0.5, 0.6) is 5.75 Å². The Bertz CT molecular complexity index is 1060. The van der Waals surface area contributed by atoms with Gasteiger partial charge in [0.05, 0.1) is 20.1 Å². The van der Waals surface area contributed by atoms with Gasteiger partial charge < -0.3 is 25.2 Å². The van der Waals surface area contributed by atoms with Crippen LogP contribution in [0.1, 0.15) is 6.42 Å². The molecule has 2 aliphatic rings. The highest BCUT2D eigenvalue weighted by molar-refractivity contribution is 6.30. The largest absolute Gasteiger partial charge is 0.497 e. The van der Waals surface area contributed by atoms with Gasteiger partial charge in [-0.15, -0.1) is 0 Å². The Morgan fingerprint density at radius 2 is 1.83 bits per heavy atom. The van der Waals surface area contributed by atoms with E-state index in [9.17, 15) is 14.4 Å². The molecule has 9 nitrogen and oxygen atoms in total. The summed E-state index contributed by atoms with van der Waals surface area (Å²) in [4.78, 5) is 44.2. The Labute approximate surface area is 210 Å². The first-order valence-electron chi connectivity index (χ1n) is 11.7. The molecule has 186 valence electrons. The number of carbonyl (C=O) groups is 3. The van der Waals surface area contributed by atoms with Crippen LogP contribution in [0.4, 0.5) is 11.4 Å².